The second kappa shape index (κ2) is 9.06. The van der Waals surface area contributed by atoms with E-state index < -0.39 is 0 Å². The number of nitrogens with zero attached hydrogens (tertiary/aromatic N) is 4. The Morgan fingerprint density at radius 3 is 2.80 bits per heavy atom. The number of benzene rings is 1. The maximum atomic E-state index is 12.9. The van der Waals surface area contributed by atoms with Crippen LogP contribution in [0, 0.1) is 0 Å². The molecule has 0 aliphatic carbocycles. The number of aromatic nitrogens is 4. The molecule has 9 heteroatoms. The normalized spacial score (nSPS) is 10.7. The Labute approximate surface area is 182 Å². The smallest absolute Gasteiger partial charge is 0.274 e. The maximum absolute atomic E-state index is 12.9. The van der Waals surface area contributed by atoms with E-state index in [0.717, 1.165) is 12.0 Å². The molecule has 0 spiro atoms. The van der Waals surface area contributed by atoms with Gasteiger partial charge in [0.05, 0.1) is 7.11 Å². The molecule has 0 unspecified atom stereocenters. The molecule has 0 fully saturated rings. The molecule has 0 aliphatic heterocycles. The quantitative estimate of drug-likeness (QED) is 0.470. The van der Waals surface area contributed by atoms with Crippen molar-refractivity contribution in [1.29, 1.82) is 0 Å². The molecule has 0 atom stereocenters. The van der Waals surface area contributed by atoms with E-state index in [-0.39, 0.29) is 11.6 Å². The van der Waals surface area contributed by atoms with Gasteiger partial charge in [-0.3, -0.25) is 9.78 Å². The van der Waals surface area contributed by atoms with Crippen LogP contribution in [-0.4, -0.2) is 39.5 Å². The molecule has 0 aliphatic rings. The Balaban J connectivity index is 1.71. The third-order valence-electron chi connectivity index (χ3n) is 4.45. The summed E-state index contributed by atoms with van der Waals surface area (Å²) >= 11 is 7.86. The molecule has 0 saturated heterocycles. The summed E-state index contributed by atoms with van der Waals surface area (Å²) in [6, 6.07) is 12.8. The lowest BCUT2D eigenvalue weighted by Crippen LogP contribution is -2.26. The van der Waals surface area contributed by atoms with Crippen molar-refractivity contribution in [3.8, 4) is 22.7 Å². The molecule has 4 aromatic rings. The monoisotopic (exact) mass is 439 g/mol. The predicted octanol–water partition coefficient (Wildman–Crippen LogP) is 4.03. The summed E-state index contributed by atoms with van der Waals surface area (Å²) in [6.07, 6.45) is 4.06. The SMILES string of the molecule is COc1ccc(Cl)cc1-n1nnc(C(=O)NCCc2cccs2)c1-c1ccncc1. The van der Waals surface area contributed by atoms with Crippen molar-refractivity contribution in [3.63, 3.8) is 0 Å². The van der Waals surface area contributed by atoms with Crippen molar-refractivity contribution in [1.82, 2.24) is 25.3 Å². The first-order valence-corrected chi connectivity index (χ1v) is 10.4. The van der Waals surface area contributed by atoms with Gasteiger partial charge in [0.2, 0.25) is 0 Å². The van der Waals surface area contributed by atoms with Crippen molar-refractivity contribution in [2.75, 3.05) is 13.7 Å². The van der Waals surface area contributed by atoms with Crippen LogP contribution in [0.1, 0.15) is 15.4 Å². The minimum absolute atomic E-state index is 0.217. The van der Waals surface area contributed by atoms with Gasteiger partial charge in [0, 0.05) is 34.4 Å². The molecular formula is C21H18ClN5O2S. The Morgan fingerprint density at radius 1 is 1.23 bits per heavy atom. The number of carbonyl (C=O) groups is 1. The zero-order valence-corrected chi connectivity index (χ0v) is 17.7. The summed E-state index contributed by atoms with van der Waals surface area (Å²) in [5.41, 5.74) is 2.09. The Kier molecular flexibility index (Phi) is 6.06. The number of carbonyl (C=O) groups excluding carboxylic acids is 1. The fraction of sp³-hybridized carbons (Fsp3) is 0.143. The molecule has 3 heterocycles. The fourth-order valence-corrected chi connectivity index (χ4v) is 3.91. The first-order chi connectivity index (χ1) is 14.7. The van der Waals surface area contributed by atoms with Gasteiger partial charge in [-0.05, 0) is 48.2 Å². The van der Waals surface area contributed by atoms with Crippen LogP contribution >= 0.6 is 22.9 Å². The second-order valence-electron chi connectivity index (χ2n) is 6.34. The lowest BCUT2D eigenvalue weighted by Gasteiger charge is -2.12. The predicted molar refractivity (Wildman–Crippen MR) is 117 cm³/mol. The van der Waals surface area contributed by atoms with Gasteiger partial charge in [-0.15, -0.1) is 16.4 Å². The highest BCUT2D eigenvalue weighted by Crippen LogP contribution is 2.31. The van der Waals surface area contributed by atoms with Crippen LogP contribution in [0.25, 0.3) is 16.9 Å². The Bertz CT molecular complexity index is 1150. The van der Waals surface area contributed by atoms with E-state index in [4.69, 9.17) is 16.3 Å². The summed E-state index contributed by atoms with van der Waals surface area (Å²) < 4.78 is 7.03. The number of hydrogen-bond donors (Lipinski definition) is 1. The van der Waals surface area contributed by atoms with Gasteiger partial charge >= 0.3 is 0 Å². The number of halogens is 1. The van der Waals surface area contributed by atoms with E-state index >= 15 is 0 Å². The van der Waals surface area contributed by atoms with E-state index in [2.05, 4.69) is 20.6 Å². The summed E-state index contributed by atoms with van der Waals surface area (Å²) in [4.78, 5) is 18.2. The molecule has 1 aromatic carbocycles. The zero-order valence-electron chi connectivity index (χ0n) is 16.1. The third-order valence-corrected chi connectivity index (χ3v) is 5.62. The highest BCUT2D eigenvalue weighted by atomic mass is 35.5. The second-order valence-corrected chi connectivity index (χ2v) is 7.80. The van der Waals surface area contributed by atoms with Gasteiger partial charge in [-0.25, -0.2) is 4.68 Å². The molecule has 3 aromatic heterocycles. The summed E-state index contributed by atoms with van der Waals surface area (Å²) in [5.74, 6) is 0.259. The average molecular weight is 440 g/mol. The number of thiophene rings is 1. The van der Waals surface area contributed by atoms with Crippen molar-refractivity contribution in [3.05, 3.63) is 75.8 Å². The first-order valence-electron chi connectivity index (χ1n) is 9.18. The Hall–Kier alpha value is -3.23. The van der Waals surface area contributed by atoms with E-state index in [1.807, 2.05) is 17.5 Å². The summed E-state index contributed by atoms with van der Waals surface area (Å²) in [7, 11) is 1.56. The van der Waals surface area contributed by atoms with Crippen LogP contribution in [0.5, 0.6) is 5.75 Å². The van der Waals surface area contributed by atoms with Crippen LogP contribution in [0.2, 0.25) is 5.02 Å². The van der Waals surface area contributed by atoms with Gasteiger partial charge < -0.3 is 10.1 Å². The number of nitrogens with one attached hydrogen (secondary N) is 1. The molecule has 0 bridgehead atoms. The van der Waals surface area contributed by atoms with Gasteiger partial charge in [0.25, 0.3) is 5.91 Å². The zero-order chi connectivity index (χ0) is 20.9. The average Bonchev–Trinajstić information content (AvgIpc) is 3.44. The van der Waals surface area contributed by atoms with E-state index in [1.165, 1.54) is 4.88 Å². The molecule has 0 saturated carbocycles. The van der Waals surface area contributed by atoms with Crippen molar-refractivity contribution < 1.29 is 9.53 Å². The summed E-state index contributed by atoms with van der Waals surface area (Å²) in [6.45, 7) is 0.502. The van der Waals surface area contributed by atoms with E-state index in [9.17, 15) is 4.79 Å². The van der Waals surface area contributed by atoms with Crippen LogP contribution in [0.4, 0.5) is 0 Å². The molecule has 1 amide bonds. The first kappa shape index (κ1) is 20.1. The maximum Gasteiger partial charge on any atom is 0.274 e. The van der Waals surface area contributed by atoms with Crippen molar-refractivity contribution in [2.45, 2.75) is 6.42 Å². The number of amides is 1. The lowest BCUT2D eigenvalue weighted by molar-refractivity contribution is 0.0950. The third kappa shape index (κ3) is 4.19. The summed E-state index contributed by atoms with van der Waals surface area (Å²) in [5, 5.41) is 13.9. The van der Waals surface area contributed by atoms with Gasteiger partial charge in [0.15, 0.2) is 5.69 Å². The van der Waals surface area contributed by atoms with Crippen LogP contribution < -0.4 is 10.1 Å². The molecule has 7 nitrogen and oxygen atoms in total. The number of pyridine rings is 1. The van der Waals surface area contributed by atoms with Gasteiger partial charge in [0.1, 0.15) is 17.1 Å². The van der Waals surface area contributed by atoms with Gasteiger partial charge in [-0.1, -0.05) is 22.9 Å². The highest BCUT2D eigenvalue weighted by molar-refractivity contribution is 7.09. The van der Waals surface area contributed by atoms with Crippen LogP contribution in [0.3, 0.4) is 0 Å². The molecular weight excluding hydrogens is 422 g/mol. The van der Waals surface area contributed by atoms with Crippen LogP contribution in [0.15, 0.2) is 60.2 Å². The topological polar surface area (TPSA) is 81.9 Å². The minimum Gasteiger partial charge on any atom is -0.494 e. The van der Waals surface area contributed by atoms with Crippen molar-refractivity contribution >= 4 is 28.8 Å². The number of ether oxygens (including phenoxy) is 1. The lowest BCUT2D eigenvalue weighted by atomic mass is 10.1. The molecule has 1 N–H and O–H groups in total. The Morgan fingerprint density at radius 2 is 2.07 bits per heavy atom. The molecule has 152 valence electrons. The fourth-order valence-electron chi connectivity index (χ4n) is 3.04. The minimum atomic E-state index is -0.300. The number of hydrogen-bond acceptors (Lipinski definition) is 6. The number of rotatable bonds is 7. The largest absolute Gasteiger partial charge is 0.494 e. The number of methoxy groups -OCH3 is 1. The van der Waals surface area contributed by atoms with E-state index in [0.29, 0.717) is 28.7 Å². The van der Waals surface area contributed by atoms with E-state index in [1.54, 1.807) is 65.9 Å². The molecule has 30 heavy (non-hydrogen) atoms. The standard InChI is InChI=1S/C21H18ClN5O2S/c1-29-18-5-4-15(22)13-17(18)27-20(14-6-9-23-10-7-14)19(25-26-27)21(28)24-11-8-16-3-2-12-30-16/h2-7,9-10,12-13H,8,11H2,1H3,(H,24,28). The molecule has 4 rings (SSSR count). The van der Waals surface area contributed by atoms with Gasteiger partial charge in [-0.2, -0.15) is 0 Å². The highest BCUT2D eigenvalue weighted by Gasteiger charge is 2.23. The van der Waals surface area contributed by atoms with Crippen molar-refractivity contribution in [2.24, 2.45) is 0 Å². The molecule has 0 radical (unpaired) electrons. The van der Waals surface area contributed by atoms with Crippen LogP contribution in [-0.2, 0) is 6.42 Å².